The molecule has 1 aromatic heterocycles. The molecule has 0 unspecified atom stereocenters. The second-order valence-corrected chi connectivity index (χ2v) is 9.60. The maximum absolute atomic E-state index is 10.7. The Morgan fingerprint density at radius 3 is 2.32 bits per heavy atom. The van der Waals surface area contributed by atoms with Gasteiger partial charge in [0.1, 0.15) is 23.1 Å². The van der Waals surface area contributed by atoms with Gasteiger partial charge in [-0.3, -0.25) is 4.68 Å². The molecule has 0 radical (unpaired) electrons. The van der Waals surface area contributed by atoms with E-state index >= 15 is 0 Å². The Kier molecular flexibility index (Phi) is 8.29. The molecule has 4 rings (SSSR count). The van der Waals surface area contributed by atoms with Crippen LogP contribution in [0.15, 0.2) is 59.6 Å². The van der Waals surface area contributed by atoms with E-state index in [0.29, 0.717) is 18.4 Å². The summed E-state index contributed by atoms with van der Waals surface area (Å²) >= 11 is 1.74. The molecule has 0 saturated heterocycles. The van der Waals surface area contributed by atoms with E-state index in [9.17, 15) is 4.79 Å². The molecule has 1 aliphatic rings. The fourth-order valence-electron chi connectivity index (χ4n) is 4.73. The average Bonchev–Trinajstić information content (AvgIpc) is 3.23. The summed E-state index contributed by atoms with van der Waals surface area (Å²) < 4.78 is 12.9. The smallest absolute Gasteiger partial charge is 0.329 e. The number of aromatic nitrogens is 2. The first kappa shape index (κ1) is 24.4. The molecule has 6 nitrogen and oxygen atoms in total. The second kappa shape index (κ2) is 11.6. The standard InChI is InChI=1S/C27H32N2O4S/c1-32-23-14-12-22(13-15-23)26-25(21-6-4-3-5-7-21)27(34-2)29(28-26)16-19-8-10-20(11-9-19)17-33-18-24(30)31/h3-7,12-15,19-20H,8-11,16-18H2,1-2H3,(H,30,31). The molecular weight excluding hydrogens is 448 g/mol. The number of rotatable bonds is 10. The van der Waals surface area contributed by atoms with Crippen molar-refractivity contribution in [3.05, 3.63) is 54.6 Å². The number of nitrogens with zero attached hydrogens (tertiary/aromatic N) is 2. The summed E-state index contributed by atoms with van der Waals surface area (Å²) in [6, 6.07) is 18.6. The van der Waals surface area contributed by atoms with E-state index < -0.39 is 5.97 Å². The Balaban J connectivity index is 1.56. The molecule has 1 heterocycles. The lowest BCUT2D eigenvalue weighted by atomic mass is 9.82. The van der Waals surface area contributed by atoms with Gasteiger partial charge >= 0.3 is 5.97 Å². The summed E-state index contributed by atoms with van der Waals surface area (Å²) in [5, 5.41) is 15.1. The molecule has 2 aromatic carbocycles. The van der Waals surface area contributed by atoms with Crippen LogP contribution in [0.3, 0.4) is 0 Å². The number of ether oxygens (including phenoxy) is 2. The Bertz CT molecular complexity index is 1070. The summed E-state index contributed by atoms with van der Waals surface area (Å²) in [7, 11) is 1.68. The molecule has 1 N–H and O–H groups in total. The third-order valence-electron chi connectivity index (χ3n) is 6.50. The number of methoxy groups -OCH3 is 1. The summed E-state index contributed by atoms with van der Waals surface area (Å²) in [5.41, 5.74) is 4.42. The lowest BCUT2D eigenvalue weighted by Crippen LogP contribution is -2.23. The van der Waals surface area contributed by atoms with E-state index in [4.69, 9.17) is 19.7 Å². The summed E-state index contributed by atoms with van der Waals surface area (Å²) in [6.45, 7) is 1.21. The van der Waals surface area contributed by atoms with Gasteiger partial charge in [0, 0.05) is 17.7 Å². The molecule has 7 heteroatoms. The van der Waals surface area contributed by atoms with E-state index in [-0.39, 0.29) is 6.61 Å². The molecular formula is C27H32N2O4S. The number of carboxylic acids is 1. The van der Waals surface area contributed by atoms with E-state index in [0.717, 1.165) is 49.2 Å². The summed E-state index contributed by atoms with van der Waals surface area (Å²) in [4.78, 5) is 10.7. The van der Waals surface area contributed by atoms with Crippen LogP contribution in [0.25, 0.3) is 22.4 Å². The largest absolute Gasteiger partial charge is 0.497 e. The average molecular weight is 481 g/mol. The van der Waals surface area contributed by atoms with Crippen LogP contribution in [-0.2, 0) is 16.1 Å². The van der Waals surface area contributed by atoms with Gasteiger partial charge in [-0.05, 0) is 73.6 Å². The summed E-state index contributed by atoms with van der Waals surface area (Å²) in [5.74, 6) is 0.925. The Morgan fingerprint density at radius 2 is 1.71 bits per heavy atom. The monoisotopic (exact) mass is 480 g/mol. The highest BCUT2D eigenvalue weighted by atomic mass is 32.2. The van der Waals surface area contributed by atoms with Gasteiger partial charge in [0.05, 0.1) is 13.7 Å². The number of hydrogen-bond donors (Lipinski definition) is 1. The van der Waals surface area contributed by atoms with Gasteiger partial charge in [-0.25, -0.2) is 4.79 Å². The maximum Gasteiger partial charge on any atom is 0.329 e. The SMILES string of the molecule is COc1ccc(-c2nn(CC3CCC(COCC(=O)O)CC3)c(SC)c2-c2ccccc2)cc1. The number of aliphatic carboxylic acids is 1. The van der Waals surface area contributed by atoms with Crippen molar-refractivity contribution in [2.24, 2.45) is 11.8 Å². The lowest BCUT2D eigenvalue weighted by molar-refractivity contribution is -0.142. The fraction of sp³-hybridized carbons (Fsp3) is 0.407. The van der Waals surface area contributed by atoms with Crippen LogP contribution >= 0.6 is 11.8 Å². The van der Waals surface area contributed by atoms with Crippen LogP contribution in [0.1, 0.15) is 25.7 Å². The van der Waals surface area contributed by atoms with Gasteiger partial charge in [-0.15, -0.1) is 11.8 Å². The first-order valence-corrected chi connectivity index (χ1v) is 13.0. The molecule has 34 heavy (non-hydrogen) atoms. The highest BCUT2D eigenvalue weighted by Gasteiger charge is 2.26. The highest BCUT2D eigenvalue weighted by molar-refractivity contribution is 7.98. The number of carboxylic acid groups (broad SMARTS) is 1. The van der Waals surface area contributed by atoms with Gasteiger partial charge in [0.2, 0.25) is 0 Å². The number of hydrogen-bond acceptors (Lipinski definition) is 5. The van der Waals surface area contributed by atoms with Gasteiger partial charge in [-0.1, -0.05) is 30.3 Å². The van der Waals surface area contributed by atoms with Gasteiger partial charge in [-0.2, -0.15) is 5.10 Å². The van der Waals surface area contributed by atoms with Crippen molar-refractivity contribution >= 4 is 17.7 Å². The van der Waals surface area contributed by atoms with Crippen LogP contribution in [0.2, 0.25) is 0 Å². The molecule has 0 bridgehead atoms. The number of carbonyl (C=O) groups is 1. The molecule has 0 atom stereocenters. The van der Waals surface area contributed by atoms with Gasteiger partial charge in [0.25, 0.3) is 0 Å². The van der Waals surface area contributed by atoms with Crippen molar-refractivity contribution in [1.29, 1.82) is 0 Å². The van der Waals surface area contributed by atoms with Crippen LogP contribution < -0.4 is 4.74 Å². The van der Waals surface area contributed by atoms with Crippen LogP contribution in [0, 0.1) is 11.8 Å². The third kappa shape index (κ3) is 5.83. The van der Waals surface area contributed by atoms with Crippen molar-refractivity contribution in [3.63, 3.8) is 0 Å². The molecule has 1 aliphatic carbocycles. The zero-order valence-corrected chi connectivity index (χ0v) is 20.6. The molecule has 3 aromatic rings. The minimum atomic E-state index is -0.904. The molecule has 180 valence electrons. The molecule has 1 saturated carbocycles. The van der Waals surface area contributed by atoms with Crippen LogP contribution in [-0.4, -0.2) is 47.4 Å². The zero-order valence-electron chi connectivity index (χ0n) is 19.8. The van der Waals surface area contributed by atoms with Crippen molar-refractivity contribution in [1.82, 2.24) is 9.78 Å². The maximum atomic E-state index is 10.7. The van der Waals surface area contributed by atoms with E-state index in [1.165, 1.54) is 16.2 Å². The first-order valence-electron chi connectivity index (χ1n) is 11.7. The number of benzene rings is 2. The Hall–Kier alpha value is -2.77. The van der Waals surface area contributed by atoms with Crippen LogP contribution in [0.4, 0.5) is 0 Å². The lowest BCUT2D eigenvalue weighted by Gasteiger charge is -2.28. The van der Waals surface area contributed by atoms with Gasteiger partial charge < -0.3 is 14.6 Å². The van der Waals surface area contributed by atoms with E-state index in [2.05, 4.69) is 47.3 Å². The fourth-order valence-corrected chi connectivity index (χ4v) is 5.48. The Labute approximate surface area is 205 Å². The first-order chi connectivity index (χ1) is 16.6. The van der Waals surface area contributed by atoms with E-state index in [1.54, 1.807) is 18.9 Å². The second-order valence-electron chi connectivity index (χ2n) is 8.81. The zero-order chi connectivity index (χ0) is 23.9. The van der Waals surface area contributed by atoms with Crippen molar-refractivity contribution < 1.29 is 19.4 Å². The van der Waals surface area contributed by atoms with Gasteiger partial charge in [0.15, 0.2) is 0 Å². The summed E-state index contributed by atoms with van der Waals surface area (Å²) in [6.07, 6.45) is 6.46. The normalized spacial score (nSPS) is 18.1. The van der Waals surface area contributed by atoms with Crippen LogP contribution in [0.5, 0.6) is 5.75 Å². The van der Waals surface area contributed by atoms with E-state index in [1.807, 2.05) is 18.2 Å². The molecule has 0 aliphatic heterocycles. The molecule has 0 amide bonds. The number of thioether (sulfide) groups is 1. The highest BCUT2D eigenvalue weighted by Crippen LogP contribution is 2.40. The topological polar surface area (TPSA) is 73.6 Å². The van der Waals surface area contributed by atoms with Crippen molar-refractivity contribution in [2.45, 2.75) is 37.3 Å². The van der Waals surface area contributed by atoms with Crippen molar-refractivity contribution in [2.75, 3.05) is 26.6 Å². The van der Waals surface area contributed by atoms with Crippen molar-refractivity contribution in [3.8, 4) is 28.1 Å². The predicted octanol–water partition coefficient (Wildman–Crippen LogP) is 5.86. The molecule has 0 spiro atoms. The Morgan fingerprint density at radius 1 is 1.03 bits per heavy atom. The minimum absolute atomic E-state index is 0.208. The molecule has 1 fully saturated rings. The predicted molar refractivity (Wildman–Crippen MR) is 135 cm³/mol. The quantitative estimate of drug-likeness (QED) is 0.367. The minimum Gasteiger partial charge on any atom is -0.497 e. The third-order valence-corrected chi connectivity index (χ3v) is 7.30.